The van der Waals surface area contributed by atoms with Crippen molar-refractivity contribution in [3.8, 4) is 0 Å². The van der Waals surface area contributed by atoms with Crippen LogP contribution in [0.1, 0.15) is 77.6 Å². The summed E-state index contributed by atoms with van der Waals surface area (Å²) in [4.78, 5) is 0. The third-order valence-corrected chi connectivity index (χ3v) is 7.21. The van der Waals surface area contributed by atoms with Crippen LogP contribution in [0.5, 0.6) is 0 Å². The Balaban J connectivity index is 1.55. The molecule has 0 bridgehead atoms. The second-order valence-electron chi connectivity index (χ2n) is 8.61. The Kier molecular flexibility index (Phi) is 5.84. The first-order valence-corrected chi connectivity index (χ1v) is 9.88. The van der Waals surface area contributed by atoms with Crippen molar-refractivity contribution in [2.24, 2.45) is 29.6 Å². The van der Waals surface area contributed by atoms with E-state index < -0.39 is 0 Å². The predicted molar refractivity (Wildman–Crippen MR) is 90.7 cm³/mol. The molecule has 0 heterocycles. The first-order valence-electron chi connectivity index (χ1n) is 9.88. The van der Waals surface area contributed by atoms with Gasteiger partial charge in [0, 0.05) is 7.11 Å². The van der Waals surface area contributed by atoms with Gasteiger partial charge in [-0.05, 0) is 68.1 Å². The molecule has 0 aromatic heterocycles. The Morgan fingerprint density at radius 2 is 1.77 bits per heavy atom. The molecule has 0 saturated heterocycles. The quantitative estimate of drug-likeness (QED) is 0.808. The first-order chi connectivity index (χ1) is 10.7. The Hall–Kier alpha value is -0.0800. The summed E-state index contributed by atoms with van der Waals surface area (Å²) >= 11 is 0. The molecular formula is C20H36O2. The van der Waals surface area contributed by atoms with E-state index in [-0.39, 0.29) is 6.10 Å². The summed E-state index contributed by atoms with van der Waals surface area (Å²) in [6.07, 6.45) is 15.0. The lowest BCUT2D eigenvalue weighted by atomic mass is 9.62. The van der Waals surface area contributed by atoms with Crippen LogP contribution in [-0.4, -0.2) is 24.4 Å². The molecule has 6 unspecified atom stereocenters. The number of aliphatic hydroxyl groups excluding tert-OH is 1. The van der Waals surface area contributed by atoms with Gasteiger partial charge in [0.05, 0.1) is 12.2 Å². The van der Waals surface area contributed by atoms with Gasteiger partial charge in [-0.2, -0.15) is 0 Å². The van der Waals surface area contributed by atoms with Crippen LogP contribution in [0.25, 0.3) is 0 Å². The van der Waals surface area contributed by atoms with Crippen molar-refractivity contribution < 1.29 is 9.84 Å². The summed E-state index contributed by atoms with van der Waals surface area (Å²) in [5, 5.41) is 10.6. The van der Waals surface area contributed by atoms with Gasteiger partial charge in [-0.25, -0.2) is 0 Å². The maximum atomic E-state index is 10.6. The third kappa shape index (κ3) is 3.87. The monoisotopic (exact) mass is 308 g/mol. The second-order valence-corrected chi connectivity index (χ2v) is 8.61. The SMILES string of the molecule is COC1CCC2C(O)CC(C(C)CC3CCCCC3)CC2C1. The van der Waals surface area contributed by atoms with Crippen LogP contribution in [0.15, 0.2) is 0 Å². The minimum atomic E-state index is -0.0460. The fourth-order valence-electron chi connectivity index (χ4n) is 5.81. The smallest absolute Gasteiger partial charge is 0.0574 e. The highest BCUT2D eigenvalue weighted by molar-refractivity contribution is 4.92. The van der Waals surface area contributed by atoms with Gasteiger partial charge >= 0.3 is 0 Å². The number of hydrogen-bond acceptors (Lipinski definition) is 2. The van der Waals surface area contributed by atoms with E-state index in [0.717, 1.165) is 30.6 Å². The van der Waals surface area contributed by atoms with Crippen molar-refractivity contribution in [1.82, 2.24) is 0 Å². The lowest BCUT2D eigenvalue weighted by molar-refractivity contribution is -0.0632. The fourth-order valence-corrected chi connectivity index (χ4v) is 5.81. The Labute approximate surface area is 137 Å². The van der Waals surface area contributed by atoms with Crippen molar-refractivity contribution in [2.45, 2.75) is 89.8 Å². The van der Waals surface area contributed by atoms with Crippen LogP contribution in [0, 0.1) is 29.6 Å². The fraction of sp³-hybridized carbons (Fsp3) is 1.00. The lowest BCUT2D eigenvalue weighted by Gasteiger charge is -2.46. The van der Waals surface area contributed by atoms with E-state index in [9.17, 15) is 5.11 Å². The van der Waals surface area contributed by atoms with Gasteiger partial charge in [-0.15, -0.1) is 0 Å². The van der Waals surface area contributed by atoms with Crippen LogP contribution < -0.4 is 0 Å². The maximum absolute atomic E-state index is 10.6. The molecule has 3 rings (SSSR count). The summed E-state index contributed by atoms with van der Waals surface area (Å²) < 4.78 is 5.61. The third-order valence-electron chi connectivity index (χ3n) is 7.21. The molecule has 3 saturated carbocycles. The van der Waals surface area contributed by atoms with Crippen LogP contribution in [0.2, 0.25) is 0 Å². The first kappa shape index (κ1) is 16.8. The Morgan fingerprint density at radius 3 is 2.50 bits per heavy atom. The minimum Gasteiger partial charge on any atom is -0.393 e. The largest absolute Gasteiger partial charge is 0.393 e. The van der Waals surface area contributed by atoms with E-state index >= 15 is 0 Å². The predicted octanol–water partition coefficient (Wildman–Crippen LogP) is 4.80. The van der Waals surface area contributed by atoms with Gasteiger partial charge in [-0.3, -0.25) is 0 Å². The molecule has 2 heteroatoms. The van der Waals surface area contributed by atoms with Crippen molar-refractivity contribution >= 4 is 0 Å². The van der Waals surface area contributed by atoms with E-state index in [0.29, 0.717) is 17.9 Å². The average molecular weight is 309 g/mol. The molecule has 0 aromatic rings. The molecule has 2 nitrogen and oxygen atoms in total. The molecule has 1 N–H and O–H groups in total. The maximum Gasteiger partial charge on any atom is 0.0574 e. The lowest BCUT2D eigenvalue weighted by Crippen LogP contribution is -2.43. The second kappa shape index (κ2) is 7.66. The van der Waals surface area contributed by atoms with Gasteiger partial charge in [0.1, 0.15) is 0 Å². The highest BCUT2D eigenvalue weighted by Gasteiger charge is 2.42. The standard InChI is InChI=1S/C20H36O2/c1-14(10-15-6-4-3-5-7-15)16-11-17-12-18(22-2)8-9-19(17)20(21)13-16/h14-21H,3-13H2,1-2H3. The Morgan fingerprint density at radius 1 is 1.00 bits per heavy atom. The number of rotatable bonds is 4. The molecule has 0 spiro atoms. The molecule has 0 radical (unpaired) electrons. The van der Waals surface area contributed by atoms with E-state index in [1.54, 1.807) is 0 Å². The van der Waals surface area contributed by atoms with E-state index in [2.05, 4.69) is 6.92 Å². The zero-order valence-corrected chi connectivity index (χ0v) is 14.7. The van der Waals surface area contributed by atoms with Crippen molar-refractivity contribution in [3.63, 3.8) is 0 Å². The average Bonchev–Trinajstić information content (AvgIpc) is 2.55. The zero-order chi connectivity index (χ0) is 15.5. The molecule has 6 atom stereocenters. The molecular weight excluding hydrogens is 272 g/mol. The molecule has 0 aromatic carbocycles. The summed E-state index contributed by atoms with van der Waals surface area (Å²) in [6.45, 7) is 2.46. The van der Waals surface area contributed by atoms with Crippen LogP contribution in [-0.2, 0) is 4.74 Å². The number of methoxy groups -OCH3 is 1. The molecule has 0 aliphatic heterocycles. The van der Waals surface area contributed by atoms with E-state index in [4.69, 9.17) is 4.74 Å². The number of aliphatic hydroxyl groups is 1. The summed E-state index contributed by atoms with van der Waals surface area (Å²) in [5.41, 5.74) is 0. The van der Waals surface area contributed by atoms with Crippen LogP contribution in [0.4, 0.5) is 0 Å². The van der Waals surface area contributed by atoms with Gasteiger partial charge < -0.3 is 9.84 Å². The molecule has 0 amide bonds. The number of fused-ring (bicyclic) bond motifs is 1. The van der Waals surface area contributed by atoms with Gasteiger partial charge in [0.2, 0.25) is 0 Å². The molecule has 3 aliphatic rings. The van der Waals surface area contributed by atoms with Crippen LogP contribution in [0.3, 0.4) is 0 Å². The summed E-state index contributed by atoms with van der Waals surface area (Å²) in [7, 11) is 1.85. The topological polar surface area (TPSA) is 29.5 Å². The number of hydrogen-bond donors (Lipinski definition) is 1. The molecule has 128 valence electrons. The Bertz CT molecular complexity index is 337. The highest BCUT2D eigenvalue weighted by Crippen LogP contribution is 2.46. The molecule has 3 fully saturated rings. The van der Waals surface area contributed by atoms with Gasteiger partial charge in [0.25, 0.3) is 0 Å². The van der Waals surface area contributed by atoms with E-state index in [1.165, 1.54) is 57.8 Å². The zero-order valence-electron chi connectivity index (χ0n) is 14.7. The van der Waals surface area contributed by atoms with Crippen LogP contribution >= 0.6 is 0 Å². The van der Waals surface area contributed by atoms with Crippen molar-refractivity contribution in [2.75, 3.05) is 7.11 Å². The summed E-state index contributed by atoms with van der Waals surface area (Å²) in [6, 6.07) is 0. The highest BCUT2D eigenvalue weighted by atomic mass is 16.5. The van der Waals surface area contributed by atoms with Gasteiger partial charge in [-0.1, -0.05) is 39.0 Å². The minimum absolute atomic E-state index is 0.0460. The molecule has 3 aliphatic carbocycles. The summed E-state index contributed by atoms with van der Waals surface area (Å²) in [5.74, 6) is 3.78. The number of ether oxygens (including phenoxy) is 1. The van der Waals surface area contributed by atoms with Crippen molar-refractivity contribution in [1.29, 1.82) is 0 Å². The normalized spacial score (nSPS) is 41.9. The molecule has 22 heavy (non-hydrogen) atoms. The van der Waals surface area contributed by atoms with Crippen molar-refractivity contribution in [3.05, 3.63) is 0 Å². The van der Waals surface area contributed by atoms with Gasteiger partial charge in [0.15, 0.2) is 0 Å². The van der Waals surface area contributed by atoms with E-state index in [1.807, 2.05) is 7.11 Å².